The van der Waals surface area contributed by atoms with Crippen LogP contribution in [0.2, 0.25) is 5.02 Å². The number of hydrogen-bond donors (Lipinski definition) is 1. The fraction of sp³-hybridized carbons (Fsp3) is 0.375. The van der Waals surface area contributed by atoms with E-state index in [1.165, 1.54) is 11.1 Å². The van der Waals surface area contributed by atoms with Crippen molar-refractivity contribution in [1.82, 2.24) is 5.32 Å². The summed E-state index contributed by atoms with van der Waals surface area (Å²) in [5, 5.41) is 4.35. The molecule has 0 saturated heterocycles. The summed E-state index contributed by atoms with van der Waals surface area (Å²) in [7, 11) is 0. The Morgan fingerprint density at radius 2 is 1.68 bits per heavy atom. The number of rotatable bonds is 4. The Morgan fingerprint density at radius 3 is 2.21 bits per heavy atom. The normalized spacial score (nSPS) is 14.4. The Bertz CT molecular complexity index is 544. The minimum absolute atomic E-state index is 0.253. The summed E-state index contributed by atoms with van der Waals surface area (Å²) in [5.74, 6) is 1.95. The van der Waals surface area contributed by atoms with Gasteiger partial charge in [0, 0.05) is 22.7 Å². The van der Waals surface area contributed by atoms with Gasteiger partial charge in [0.1, 0.15) is 11.5 Å². The van der Waals surface area contributed by atoms with Crippen LogP contribution in [0.4, 0.5) is 0 Å². The summed E-state index contributed by atoms with van der Waals surface area (Å²) in [5.41, 5.74) is 2.45. The van der Waals surface area contributed by atoms with Crippen LogP contribution in [0.1, 0.15) is 48.6 Å². The first-order valence-electron chi connectivity index (χ1n) is 6.56. The Labute approximate surface area is 119 Å². The molecule has 1 aromatic heterocycles. The lowest BCUT2D eigenvalue weighted by Crippen LogP contribution is -2.22. The molecule has 102 valence electrons. The first kappa shape index (κ1) is 14.2. The van der Waals surface area contributed by atoms with Crippen molar-refractivity contribution in [3.63, 3.8) is 0 Å². The molecule has 0 saturated carbocycles. The van der Waals surface area contributed by atoms with Gasteiger partial charge in [-0.05, 0) is 51.5 Å². The van der Waals surface area contributed by atoms with Crippen molar-refractivity contribution in [2.45, 2.75) is 39.8 Å². The van der Waals surface area contributed by atoms with Crippen LogP contribution in [0.5, 0.6) is 0 Å². The Morgan fingerprint density at radius 1 is 1.05 bits per heavy atom. The topological polar surface area (TPSA) is 25.2 Å². The zero-order chi connectivity index (χ0) is 14.0. The van der Waals surface area contributed by atoms with E-state index in [4.69, 9.17) is 16.0 Å². The Hall–Kier alpha value is -1.25. The van der Waals surface area contributed by atoms with Gasteiger partial charge >= 0.3 is 0 Å². The molecule has 0 aliphatic carbocycles. The number of benzene rings is 1. The van der Waals surface area contributed by atoms with Gasteiger partial charge in [0.25, 0.3) is 0 Å². The van der Waals surface area contributed by atoms with E-state index in [1.54, 1.807) is 0 Å². The van der Waals surface area contributed by atoms with Crippen LogP contribution in [0.3, 0.4) is 0 Å². The van der Waals surface area contributed by atoms with Crippen LogP contribution in [-0.4, -0.2) is 0 Å². The first-order valence-corrected chi connectivity index (χ1v) is 6.93. The Balaban J connectivity index is 2.08. The van der Waals surface area contributed by atoms with E-state index in [-0.39, 0.29) is 12.1 Å². The number of aryl methyl sites for hydroxylation is 2. The highest BCUT2D eigenvalue weighted by Crippen LogP contribution is 2.24. The third-order valence-electron chi connectivity index (χ3n) is 3.42. The molecule has 2 aromatic rings. The monoisotopic (exact) mass is 277 g/mol. The van der Waals surface area contributed by atoms with Gasteiger partial charge < -0.3 is 9.73 Å². The van der Waals surface area contributed by atoms with Crippen molar-refractivity contribution in [1.29, 1.82) is 0 Å². The van der Waals surface area contributed by atoms with Gasteiger partial charge in [-0.15, -0.1) is 0 Å². The molecular weight excluding hydrogens is 258 g/mol. The molecule has 1 aromatic carbocycles. The molecule has 0 spiro atoms. The van der Waals surface area contributed by atoms with Gasteiger partial charge in [-0.1, -0.05) is 23.7 Å². The quantitative estimate of drug-likeness (QED) is 0.854. The number of furan rings is 1. The molecule has 19 heavy (non-hydrogen) atoms. The maximum Gasteiger partial charge on any atom is 0.105 e. The SMILES string of the molecule is Cc1cc(C(C)N[C@H](C)c2ccc(Cl)cc2)c(C)o1. The molecular formula is C16H20ClNO. The van der Waals surface area contributed by atoms with Crippen LogP contribution >= 0.6 is 11.6 Å². The van der Waals surface area contributed by atoms with Crippen molar-refractivity contribution in [2.75, 3.05) is 0 Å². The minimum Gasteiger partial charge on any atom is -0.466 e. The molecule has 3 heteroatoms. The second kappa shape index (κ2) is 5.81. The highest BCUT2D eigenvalue weighted by atomic mass is 35.5. The van der Waals surface area contributed by atoms with Gasteiger partial charge in [-0.3, -0.25) is 0 Å². The first-order chi connectivity index (χ1) is 8.97. The average molecular weight is 278 g/mol. The molecule has 1 heterocycles. The average Bonchev–Trinajstić information content (AvgIpc) is 2.69. The highest BCUT2D eigenvalue weighted by molar-refractivity contribution is 6.30. The van der Waals surface area contributed by atoms with Gasteiger partial charge in [-0.25, -0.2) is 0 Å². The summed E-state index contributed by atoms with van der Waals surface area (Å²) in [6.07, 6.45) is 0. The largest absolute Gasteiger partial charge is 0.466 e. The molecule has 0 bridgehead atoms. The standard InChI is InChI=1S/C16H20ClNO/c1-10-9-16(13(4)19-10)12(3)18-11(2)14-5-7-15(17)8-6-14/h5-9,11-12,18H,1-4H3/t11-,12?/m1/s1. The van der Waals surface area contributed by atoms with E-state index in [0.717, 1.165) is 16.5 Å². The Kier molecular flexibility index (Phi) is 4.33. The summed E-state index contributed by atoms with van der Waals surface area (Å²) in [4.78, 5) is 0. The highest BCUT2D eigenvalue weighted by Gasteiger charge is 2.15. The second-order valence-electron chi connectivity index (χ2n) is 5.03. The molecule has 0 fully saturated rings. The number of hydrogen-bond acceptors (Lipinski definition) is 2. The van der Waals surface area contributed by atoms with E-state index < -0.39 is 0 Å². The summed E-state index contributed by atoms with van der Waals surface area (Å²) >= 11 is 5.91. The molecule has 0 radical (unpaired) electrons. The van der Waals surface area contributed by atoms with Gasteiger partial charge in [0.05, 0.1) is 0 Å². The predicted octanol–water partition coefficient (Wildman–Crippen LogP) is 4.96. The second-order valence-corrected chi connectivity index (χ2v) is 5.47. The number of nitrogens with one attached hydrogen (secondary N) is 1. The molecule has 0 aliphatic rings. The summed E-state index contributed by atoms with van der Waals surface area (Å²) < 4.78 is 5.58. The van der Waals surface area contributed by atoms with Crippen molar-refractivity contribution < 1.29 is 4.42 Å². The van der Waals surface area contributed by atoms with Crippen molar-refractivity contribution in [3.8, 4) is 0 Å². The fourth-order valence-corrected chi connectivity index (χ4v) is 2.52. The number of halogens is 1. The molecule has 2 atom stereocenters. The van der Waals surface area contributed by atoms with E-state index >= 15 is 0 Å². The van der Waals surface area contributed by atoms with Crippen LogP contribution in [-0.2, 0) is 0 Å². The van der Waals surface area contributed by atoms with E-state index in [2.05, 4.69) is 37.4 Å². The maximum atomic E-state index is 5.91. The van der Waals surface area contributed by atoms with Gasteiger partial charge in [0.2, 0.25) is 0 Å². The summed E-state index contributed by atoms with van der Waals surface area (Å²) in [6, 6.07) is 10.6. The zero-order valence-corrected chi connectivity index (χ0v) is 12.6. The van der Waals surface area contributed by atoms with Crippen molar-refractivity contribution >= 4 is 11.6 Å². The molecule has 1 unspecified atom stereocenters. The van der Waals surface area contributed by atoms with Crippen molar-refractivity contribution in [3.05, 3.63) is 58.0 Å². The fourth-order valence-electron chi connectivity index (χ4n) is 2.39. The summed E-state index contributed by atoms with van der Waals surface area (Å²) in [6.45, 7) is 8.30. The maximum absolute atomic E-state index is 5.91. The lowest BCUT2D eigenvalue weighted by Gasteiger charge is -2.20. The molecule has 2 rings (SSSR count). The predicted molar refractivity (Wildman–Crippen MR) is 79.6 cm³/mol. The smallest absolute Gasteiger partial charge is 0.105 e. The van der Waals surface area contributed by atoms with E-state index in [1.807, 2.05) is 26.0 Å². The van der Waals surface area contributed by atoms with E-state index in [9.17, 15) is 0 Å². The van der Waals surface area contributed by atoms with Crippen molar-refractivity contribution in [2.24, 2.45) is 0 Å². The third kappa shape index (κ3) is 3.40. The van der Waals surface area contributed by atoms with Gasteiger partial charge in [-0.2, -0.15) is 0 Å². The third-order valence-corrected chi connectivity index (χ3v) is 3.67. The van der Waals surface area contributed by atoms with Crippen LogP contribution in [0.15, 0.2) is 34.7 Å². The lowest BCUT2D eigenvalue weighted by molar-refractivity contribution is 0.469. The van der Waals surface area contributed by atoms with Crippen LogP contribution < -0.4 is 5.32 Å². The van der Waals surface area contributed by atoms with Gasteiger partial charge in [0.15, 0.2) is 0 Å². The van der Waals surface area contributed by atoms with E-state index in [0.29, 0.717) is 0 Å². The zero-order valence-electron chi connectivity index (χ0n) is 11.8. The molecule has 0 amide bonds. The molecule has 2 nitrogen and oxygen atoms in total. The molecule has 0 aliphatic heterocycles. The van der Waals surface area contributed by atoms with Crippen LogP contribution in [0, 0.1) is 13.8 Å². The lowest BCUT2D eigenvalue weighted by atomic mass is 10.0. The minimum atomic E-state index is 0.253. The van der Waals surface area contributed by atoms with Crippen LogP contribution in [0.25, 0.3) is 0 Å². The molecule has 1 N–H and O–H groups in total.